The normalized spacial score (nSPS) is 53.8. The number of halogens is 1. The van der Waals surface area contributed by atoms with E-state index in [2.05, 4.69) is 0 Å². The molecule has 246 valence electrons. The summed E-state index contributed by atoms with van der Waals surface area (Å²) in [6, 6.07) is -3.14. The Morgan fingerprint density at radius 2 is 1.12 bits per heavy atom. The van der Waals surface area contributed by atoms with Crippen LogP contribution >= 0.6 is 0 Å². The molecule has 0 radical (unpaired) electrons. The van der Waals surface area contributed by atoms with Gasteiger partial charge >= 0.3 is 0 Å². The van der Waals surface area contributed by atoms with Crippen LogP contribution in [0.25, 0.3) is 0 Å². The highest BCUT2D eigenvalue weighted by atomic mass is 19.1. The van der Waals surface area contributed by atoms with Gasteiger partial charge in [0.2, 0.25) is 0 Å². The number of aliphatic hydroxyl groups excluding tert-OH is 7. The van der Waals surface area contributed by atoms with Crippen LogP contribution in [0.1, 0.15) is 6.42 Å². The minimum absolute atomic E-state index is 0.0168. The van der Waals surface area contributed by atoms with Crippen LogP contribution in [0.15, 0.2) is 0 Å². The molecule has 0 aromatic heterocycles. The van der Waals surface area contributed by atoms with Gasteiger partial charge in [-0.05, 0) is 6.42 Å². The van der Waals surface area contributed by atoms with Crippen LogP contribution in [0.2, 0.25) is 0 Å². The molecular weight excluding hydrogens is 573 g/mol. The molecule has 19 heteroatoms. The Morgan fingerprint density at radius 3 is 1.74 bits per heavy atom. The fourth-order valence-electron chi connectivity index (χ4n) is 5.67. The minimum atomic E-state index is -2.17. The van der Waals surface area contributed by atoms with Crippen molar-refractivity contribution >= 4 is 0 Å². The van der Waals surface area contributed by atoms with Gasteiger partial charge < -0.3 is 92.8 Å². The highest BCUT2D eigenvalue weighted by molar-refractivity contribution is 5.02. The first kappa shape index (κ1) is 34.1. The molecule has 3 saturated heterocycles. The number of ether oxygens (including phenoxy) is 6. The van der Waals surface area contributed by atoms with Gasteiger partial charge in [-0.25, -0.2) is 4.39 Å². The van der Waals surface area contributed by atoms with Crippen LogP contribution in [0.3, 0.4) is 0 Å². The van der Waals surface area contributed by atoms with Crippen LogP contribution < -0.4 is 28.7 Å². The van der Waals surface area contributed by atoms with E-state index in [-0.39, 0.29) is 19.5 Å². The minimum Gasteiger partial charge on any atom is -0.394 e. The van der Waals surface area contributed by atoms with Crippen LogP contribution in [0, 0.1) is 0 Å². The molecule has 19 unspecified atom stereocenters. The maximum Gasteiger partial charge on any atom is 0.187 e. The van der Waals surface area contributed by atoms with Gasteiger partial charge in [0.15, 0.2) is 25.0 Å². The predicted octanol–water partition coefficient (Wildman–Crippen LogP) is -7.88. The van der Waals surface area contributed by atoms with E-state index in [4.69, 9.17) is 57.1 Å². The average molecular weight is 618 g/mol. The lowest BCUT2D eigenvalue weighted by molar-refractivity contribution is -0.323. The third-order valence-electron chi connectivity index (χ3n) is 8.24. The molecule has 4 rings (SSSR count). The zero-order valence-corrected chi connectivity index (χ0v) is 22.6. The summed E-state index contributed by atoms with van der Waals surface area (Å²) in [5, 5.41) is 72.6. The van der Waals surface area contributed by atoms with Crippen molar-refractivity contribution in [1.82, 2.24) is 0 Å². The van der Waals surface area contributed by atoms with Crippen molar-refractivity contribution in [3.8, 4) is 0 Å². The van der Waals surface area contributed by atoms with Gasteiger partial charge in [0.25, 0.3) is 0 Å². The van der Waals surface area contributed by atoms with Gasteiger partial charge in [-0.1, -0.05) is 0 Å². The Kier molecular flexibility index (Phi) is 11.4. The van der Waals surface area contributed by atoms with Crippen molar-refractivity contribution in [2.75, 3.05) is 19.7 Å². The van der Waals surface area contributed by atoms with E-state index in [0.717, 1.165) is 0 Å². The molecule has 3 aliphatic heterocycles. The summed E-state index contributed by atoms with van der Waals surface area (Å²) in [5.74, 6) is 0. The number of rotatable bonds is 9. The summed E-state index contributed by atoms with van der Waals surface area (Å²) in [6.45, 7) is -1.15. The molecule has 3 heterocycles. The van der Waals surface area contributed by atoms with Crippen LogP contribution in [-0.4, -0.2) is 172 Å². The van der Waals surface area contributed by atoms with Gasteiger partial charge in [0.1, 0.15) is 67.1 Å². The summed E-state index contributed by atoms with van der Waals surface area (Å²) in [7, 11) is 0. The van der Waals surface area contributed by atoms with Crippen molar-refractivity contribution < 1.29 is 68.6 Å². The van der Waals surface area contributed by atoms with E-state index < -0.39 is 123 Å². The Hall–Kier alpha value is -0.790. The van der Waals surface area contributed by atoms with E-state index in [0.29, 0.717) is 0 Å². The first-order valence-electron chi connectivity index (χ1n) is 13.8. The third kappa shape index (κ3) is 6.59. The average Bonchev–Trinajstić information content (AvgIpc) is 3.27. The molecule has 0 aromatic rings. The molecule has 0 bridgehead atoms. The Bertz CT molecular complexity index is 872. The lowest BCUT2D eigenvalue weighted by Crippen LogP contribution is -2.66. The Balaban J connectivity index is 1.50. The lowest BCUT2D eigenvalue weighted by Gasteiger charge is -2.46. The topological polar surface area (TPSA) is 327 Å². The van der Waals surface area contributed by atoms with E-state index >= 15 is 0 Å². The van der Waals surface area contributed by atoms with E-state index in [1.165, 1.54) is 0 Å². The molecule has 0 aromatic carbocycles. The van der Waals surface area contributed by atoms with Crippen LogP contribution in [-0.2, 0) is 28.4 Å². The van der Waals surface area contributed by atoms with Gasteiger partial charge in [0.05, 0.1) is 18.8 Å². The first-order chi connectivity index (χ1) is 19.8. The molecule has 0 amide bonds. The monoisotopic (exact) mass is 617 g/mol. The maximum atomic E-state index is 14.6. The Morgan fingerprint density at radius 1 is 0.595 bits per heavy atom. The largest absolute Gasteiger partial charge is 0.394 e. The second-order valence-electron chi connectivity index (χ2n) is 11.1. The van der Waals surface area contributed by atoms with Gasteiger partial charge in [0, 0.05) is 25.2 Å². The molecule has 19 atom stereocenters. The van der Waals surface area contributed by atoms with Crippen molar-refractivity contribution in [3.05, 3.63) is 0 Å². The fraction of sp³-hybridized carbons (Fsp3) is 1.00. The smallest absolute Gasteiger partial charge is 0.187 e. The maximum absolute atomic E-state index is 14.6. The highest BCUT2D eigenvalue weighted by Crippen LogP contribution is 2.34. The van der Waals surface area contributed by atoms with Crippen molar-refractivity contribution in [2.45, 2.75) is 123 Å². The van der Waals surface area contributed by atoms with Crippen molar-refractivity contribution in [3.63, 3.8) is 0 Å². The predicted molar refractivity (Wildman–Crippen MR) is 135 cm³/mol. The summed E-state index contributed by atoms with van der Waals surface area (Å²) in [4.78, 5) is 0. The third-order valence-corrected chi connectivity index (χ3v) is 8.24. The molecule has 1 saturated carbocycles. The highest BCUT2D eigenvalue weighted by Gasteiger charge is 2.54. The molecule has 17 N–H and O–H groups in total. The van der Waals surface area contributed by atoms with Gasteiger partial charge in [-0.3, -0.25) is 0 Å². The second-order valence-corrected chi connectivity index (χ2v) is 11.1. The number of nitrogens with two attached hydrogens (primary N) is 5. The van der Waals surface area contributed by atoms with Crippen LogP contribution in [0.5, 0.6) is 0 Å². The molecule has 42 heavy (non-hydrogen) atoms. The molecule has 4 aliphatic rings. The summed E-state index contributed by atoms with van der Waals surface area (Å²) in [6.07, 6.45) is -24.0. The van der Waals surface area contributed by atoms with E-state index in [1.807, 2.05) is 0 Å². The fourth-order valence-corrected chi connectivity index (χ4v) is 5.67. The second kappa shape index (κ2) is 14.1. The SMILES string of the molecule is NCC1OC(OC2C(CO)OC(OC3C(O)C(N)CC(N)C3OC3OC(CN)C(O)C(F)C3O)C2O)C(N)C(O)C1O. The first-order valence-corrected chi connectivity index (χ1v) is 13.8. The standard InChI is InChI=1S/C23H44FN5O13/c24-10-13(32)7(2-25)38-22(15(10)34)40-18-6(28)1-5(27)12(31)20(18)42-23-17(36)19(9(4-30)39-23)41-21-11(29)16(35)14(33)8(3-26)37-21/h5-23,30-36H,1-4,25-29H2. The van der Waals surface area contributed by atoms with E-state index in [9.17, 15) is 40.1 Å². The summed E-state index contributed by atoms with van der Waals surface area (Å²) < 4.78 is 48.6. The summed E-state index contributed by atoms with van der Waals surface area (Å²) in [5.41, 5.74) is 29.4. The quantitative estimate of drug-likeness (QED) is 0.114. The number of alkyl halides is 1. The molecular formula is C23H44FN5O13. The zero-order valence-electron chi connectivity index (χ0n) is 22.6. The molecule has 18 nitrogen and oxygen atoms in total. The van der Waals surface area contributed by atoms with Crippen molar-refractivity contribution in [1.29, 1.82) is 0 Å². The lowest BCUT2D eigenvalue weighted by atomic mass is 9.84. The van der Waals surface area contributed by atoms with E-state index in [1.54, 1.807) is 0 Å². The molecule has 4 fully saturated rings. The number of hydrogen-bond acceptors (Lipinski definition) is 18. The molecule has 0 spiro atoms. The number of aliphatic hydroxyl groups is 7. The molecule has 1 aliphatic carbocycles. The van der Waals surface area contributed by atoms with Crippen LogP contribution in [0.4, 0.5) is 4.39 Å². The van der Waals surface area contributed by atoms with Gasteiger partial charge in [-0.2, -0.15) is 0 Å². The zero-order chi connectivity index (χ0) is 31.0. The summed E-state index contributed by atoms with van der Waals surface area (Å²) >= 11 is 0. The number of hydrogen-bond donors (Lipinski definition) is 12. The van der Waals surface area contributed by atoms with Crippen molar-refractivity contribution in [2.24, 2.45) is 28.7 Å². The van der Waals surface area contributed by atoms with Gasteiger partial charge in [-0.15, -0.1) is 0 Å². The Labute approximate surface area is 240 Å².